The lowest BCUT2D eigenvalue weighted by molar-refractivity contribution is -0.117. The van der Waals surface area contributed by atoms with Crippen molar-refractivity contribution in [2.75, 3.05) is 63.5 Å². The fourth-order valence-corrected chi connectivity index (χ4v) is 21.4. The molecule has 5 aliphatic carbocycles. The van der Waals surface area contributed by atoms with E-state index in [1.807, 2.05) is 199 Å². The van der Waals surface area contributed by atoms with Gasteiger partial charge in [-0.25, -0.2) is 0 Å². The normalized spacial score (nSPS) is 16.5. The number of carbonyl (C=O) groups excluding carboxylic acids is 1. The molecule has 8 aliphatic rings. The monoisotopic (exact) mass is 1960 g/mol. The third-order valence-electron chi connectivity index (χ3n) is 29.4. The lowest BCUT2D eigenvalue weighted by Crippen LogP contribution is -2.28. The zero-order valence-corrected chi connectivity index (χ0v) is 83.0. The van der Waals surface area contributed by atoms with Gasteiger partial charge in [0.25, 0.3) is 0 Å². The molecule has 3 aliphatic heterocycles. The van der Waals surface area contributed by atoms with Crippen LogP contribution >= 0.6 is 11.6 Å². The molecular weight excluding hydrogens is 1850 g/mol. The van der Waals surface area contributed by atoms with E-state index in [1.54, 1.807) is 29.8 Å². The van der Waals surface area contributed by atoms with E-state index in [-0.39, 0.29) is 11.3 Å². The quantitative estimate of drug-likeness (QED) is 0.0381. The predicted octanol–water partition coefficient (Wildman–Crippen LogP) is 22.9. The third kappa shape index (κ3) is 18.7. The van der Waals surface area contributed by atoms with E-state index in [2.05, 4.69) is 190 Å². The molecule has 29 rings (SSSR count). The Labute approximate surface area is 843 Å². The maximum absolute atomic E-state index is 12.8. The summed E-state index contributed by atoms with van der Waals surface area (Å²) in [5.41, 5.74) is 25.8. The van der Waals surface area contributed by atoms with Gasteiger partial charge in [0, 0.05) is 126 Å². The zero-order valence-electron chi connectivity index (χ0n) is 82.2. The number of amides is 1. The van der Waals surface area contributed by atoms with Gasteiger partial charge in [-0.15, -0.1) is 0 Å². The average Bonchev–Trinajstić information content (AvgIpc) is 1.59. The molecule has 1 amide bonds. The van der Waals surface area contributed by atoms with E-state index in [0.717, 1.165) is 235 Å². The Bertz CT molecular complexity index is 8700. The number of rotatable bonds is 18. The minimum absolute atomic E-state index is 0.0867. The van der Waals surface area contributed by atoms with Crippen LogP contribution in [0.15, 0.2) is 250 Å². The van der Waals surface area contributed by atoms with E-state index >= 15 is 0 Å². The summed E-state index contributed by atoms with van der Waals surface area (Å²) in [6.45, 7) is 8.16. The van der Waals surface area contributed by atoms with Crippen LogP contribution in [0.5, 0.6) is 5.75 Å². The van der Waals surface area contributed by atoms with Crippen LogP contribution in [0, 0.1) is 24.2 Å². The molecular formula is C110H111ClN32O3. The Morgan fingerprint density at radius 2 is 0.993 bits per heavy atom. The zero-order chi connectivity index (χ0) is 98.8. The summed E-state index contributed by atoms with van der Waals surface area (Å²) in [5.74, 6) is 9.93. The van der Waals surface area contributed by atoms with Crippen LogP contribution in [0.4, 0.5) is 63.2 Å². The summed E-state index contributed by atoms with van der Waals surface area (Å²) in [4.78, 5) is 33.1. The van der Waals surface area contributed by atoms with Crippen molar-refractivity contribution >= 4 is 202 Å². The van der Waals surface area contributed by atoms with Crippen molar-refractivity contribution in [3.05, 3.63) is 258 Å². The number of H-pyrrole nitrogens is 4. The number of halogens is 1. The van der Waals surface area contributed by atoms with Crippen LogP contribution in [0.25, 0.3) is 109 Å². The Balaban J connectivity index is 0.0000000943. The molecule has 0 radical (unpaired) electrons. The number of nitrogens with zero attached hydrogens (tertiary/aromatic N) is 22. The lowest BCUT2D eigenvalue weighted by atomic mass is 9.84. The number of methoxy groups -OCH3 is 1. The van der Waals surface area contributed by atoms with Crippen LogP contribution in [0.1, 0.15) is 133 Å². The van der Waals surface area contributed by atoms with E-state index < -0.39 is 0 Å². The van der Waals surface area contributed by atoms with Crippen molar-refractivity contribution < 1.29 is 14.1 Å². The number of fused-ring (bicyclic) bond motifs is 10. The van der Waals surface area contributed by atoms with E-state index in [0.29, 0.717) is 29.8 Å². The van der Waals surface area contributed by atoms with Crippen molar-refractivity contribution in [3.8, 4) is 5.75 Å². The van der Waals surface area contributed by atoms with Crippen molar-refractivity contribution in [2.45, 2.75) is 136 Å². The fourth-order valence-electron chi connectivity index (χ4n) is 21.0. The molecule has 36 heteroatoms. The number of pyridine rings is 2. The first-order chi connectivity index (χ1) is 71.4. The Hall–Kier alpha value is -16.9. The van der Waals surface area contributed by atoms with Crippen LogP contribution in [0.3, 0.4) is 0 Å². The number of aromatic amines is 4. The first kappa shape index (κ1) is 91.6. The highest BCUT2D eigenvalue weighted by Gasteiger charge is 2.50. The molecule has 736 valence electrons. The van der Waals surface area contributed by atoms with Crippen molar-refractivity contribution in [1.82, 2.24) is 115 Å². The molecule has 35 nitrogen and oxygen atoms in total. The number of nitrogens with one attached hydrogen (secondary N) is 10. The van der Waals surface area contributed by atoms with E-state index in [4.69, 9.17) is 31.1 Å². The first-order valence-corrected chi connectivity index (χ1v) is 50.6. The lowest BCUT2D eigenvalue weighted by Gasteiger charge is -2.25. The number of hydrogen-bond donors (Lipinski definition) is 10. The second-order valence-electron chi connectivity index (χ2n) is 39.6. The van der Waals surface area contributed by atoms with Gasteiger partial charge in [-0.3, -0.25) is 78.1 Å². The third-order valence-corrected chi connectivity index (χ3v) is 29.7. The highest BCUT2D eigenvalue weighted by atomic mass is 35.5. The van der Waals surface area contributed by atoms with Gasteiger partial charge < -0.3 is 41.2 Å². The molecule has 21 aromatic rings. The SMILES string of the molecule is COc1ccc2[nH]nc(Nc3ccc4c(C5CC5)nn(C)c4c3)c2c1.Cc1cc(Cn2ncc3ncc(Nc4n[nH]c5ccccc45)cc32)no1.Cn1nc(N2CC(C)(C3CC3)CC2=O)c2ccc(Nc3n[nH]c4ccccc34)cc21.Cn1ncc2cc(NC3=NCC4=C3CCCC4)cc(Cl)c21.Cn1ncc2cc(NC3=NCC4=C3CCCC4)ccc21.c1ccc2c(Nc3cnc4cnn(CC5CCC5)c4c3)n[nH]c2c1. The molecule has 1 atom stereocenters. The van der Waals surface area contributed by atoms with Crippen molar-refractivity contribution in [2.24, 2.45) is 55.4 Å². The smallest absolute Gasteiger partial charge is 0.228 e. The number of anilines is 11. The topological polar surface area (TPSA) is 400 Å². The molecule has 0 bridgehead atoms. The molecule has 1 saturated heterocycles. The minimum atomic E-state index is 0.0867. The number of carbonyl (C=O) groups is 1. The molecule has 16 heterocycles. The van der Waals surface area contributed by atoms with Gasteiger partial charge >= 0.3 is 0 Å². The Morgan fingerprint density at radius 3 is 1.59 bits per heavy atom. The highest BCUT2D eigenvalue weighted by Crippen LogP contribution is 2.53. The second-order valence-corrected chi connectivity index (χ2v) is 40.0. The fraction of sp³-hybridized carbons (Fsp3) is 0.291. The average molecular weight is 1960 g/mol. The molecule has 146 heavy (non-hydrogen) atoms. The van der Waals surface area contributed by atoms with Crippen molar-refractivity contribution in [1.29, 1.82) is 0 Å². The molecule has 1 unspecified atom stereocenters. The maximum Gasteiger partial charge on any atom is 0.228 e. The van der Waals surface area contributed by atoms with Gasteiger partial charge in [0.15, 0.2) is 29.1 Å². The van der Waals surface area contributed by atoms with Gasteiger partial charge in [-0.2, -0.15) is 51.0 Å². The highest BCUT2D eigenvalue weighted by molar-refractivity contribution is 6.35. The first-order valence-electron chi connectivity index (χ1n) is 50.2. The molecule has 10 N–H and O–H groups in total. The summed E-state index contributed by atoms with van der Waals surface area (Å²) in [7, 11) is 9.48. The van der Waals surface area contributed by atoms with Gasteiger partial charge in [-0.05, 0) is 270 Å². The Morgan fingerprint density at radius 1 is 0.466 bits per heavy atom. The number of benzene rings is 8. The number of aliphatic imine (C=N–C) groups is 2. The predicted molar refractivity (Wildman–Crippen MR) is 577 cm³/mol. The van der Waals surface area contributed by atoms with Gasteiger partial charge in [0.1, 0.15) is 39.9 Å². The van der Waals surface area contributed by atoms with E-state index in [9.17, 15) is 4.79 Å². The number of aromatic nitrogens is 23. The summed E-state index contributed by atoms with van der Waals surface area (Å²) in [6.07, 6.45) is 30.5. The summed E-state index contributed by atoms with van der Waals surface area (Å²) in [6, 6.07) is 58.9. The summed E-state index contributed by atoms with van der Waals surface area (Å²) < 4.78 is 21.9. The number of aryl methyl sites for hydroxylation is 5. The van der Waals surface area contributed by atoms with Crippen molar-refractivity contribution in [3.63, 3.8) is 0 Å². The van der Waals surface area contributed by atoms with Crippen LogP contribution in [-0.2, 0) is 46.1 Å². The van der Waals surface area contributed by atoms with Gasteiger partial charge in [-0.1, -0.05) is 66.5 Å². The van der Waals surface area contributed by atoms with Crippen LogP contribution in [0.2, 0.25) is 5.02 Å². The van der Waals surface area contributed by atoms with E-state index in [1.165, 1.54) is 118 Å². The van der Waals surface area contributed by atoms with Crippen LogP contribution < -0.4 is 41.5 Å². The number of hydrogen-bond acceptors (Lipinski definition) is 24. The van der Waals surface area contributed by atoms with Gasteiger partial charge in [0.05, 0.1) is 141 Å². The molecule has 4 fully saturated rings. The minimum Gasteiger partial charge on any atom is -0.497 e. The Kier molecular flexibility index (Phi) is 24.3. The maximum atomic E-state index is 12.8. The molecule has 13 aromatic heterocycles. The number of ether oxygens (including phenoxy) is 1. The summed E-state index contributed by atoms with van der Waals surface area (Å²) in [5, 5.41) is 90.4. The standard InChI is InChI=1S/C23H24N6O.C19H19N5O.C18H15N7O.C18H18N6.C16H17ClN4.C16H18N4/c1-23(14-7-8-14)12-20(30)29(13-23)22-17-10-9-15(11-19(17)28(2)27-22)24-21-16-5-3-4-6-18(16)25-26-21;1-24-17-9-12(5-7-14(17)18(23-24)11-3-4-11)20-19-15-10-13(25-2)6-8-16(15)21-22-19;1-11-6-13(24-26-11)10-25-17-7-12(8-19-16(17)9-20-25)21-18-14-4-2-3-5-15(14)22-23-18;1-2-7-15-14(6-1)18(23-22-15)21-13-8-17-16(19-9-13)10-20-24(17)11-12-4-3-5-12;1-21-15-11(9-19-21)6-12(7-14(15)17)20-16-13-5-3-2-4-10(13)8-18-16;1-20-15-7-6-13(8-12(15)10-18-20)19-16-14-5-3-2-4-11(14)9-17-16/h3-6,9-11,14H,7-8,12-13H2,1-2H3,(H2,24,25,26);5-11H,3-4H2,1-2H3,(H2,20,21,22);2-9H,10H2,1H3,(H2,21,22,23);1-2,6-10,12H,3-5,11H2,(H2,21,22,23);6-7,9H,2-5,8H2,1H3,(H,18,20);6-8,10H,2-5,9H2,1H3,(H,17,19). The molecule has 8 aromatic carbocycles. The summed E-state index contributed by atoms with van der Waals surface area (Å²) >= 11 is 6.38. The number of para-hydroxylation sites is 3. The van der Waals surface area contributed by atoms with Gasteiger partial charge in [0.2, 0.25) is 5.91 Å². The number of amidine groups is 2. The second kappa shape index (κ2) is 38.8. The van der Waals surface area contributed by atoms with Crippen LogP contribution in [-0.4, -0.2) is 159 Å². The largest absolute Gasteiger partial charge is 0.497 e. The molecule has 0 spiro atoms. The molecule has 3 saturated carbocycles.